The SMILES string of the molecule is C[C@H](SCC(=O)Nc1ccccc1)c1nnnn1C. The van der Waals surface area contributed by atoms with Crippen molar-refractivity contribution in [2.45, 2.75) is 12.2 Å². The van der Waals surface area contributed by atoms with Crippen LogP contribution in [0.4, 0.5) is 5.69 Å². The number of nitrogens with one attached hydrogen (secondary N) is 1. The summed E-state index contributed by atoms with van der Waals surface area (Å²) >= 11 is 1.50. The first-order chi connectivity index (χ1) is 9.16. The van der Waals surface area contributed by atoms with Gasteiger partial charge in [0.05, 0.1) is 11.0 Å². The van der Waals surface area contributed by atoms with Crippen molar-refractivity contribution in [3.05, 3.63) is 36.2 Å². The van der Waals surface area contributed by atoms with Crippen LogP contribution >= 0.6 is 11.8 Å². The Labute approximate surface area is 115 Å². The number of carbonyl (C=O) groups is 1. The number of hydrogen-bond acceptors (Lipinski definition) is 5. The summed E-state index contributed by atoms with van der Waals surface area (Å²) in [5, 5.41) is 14.2. The Bertz CT molecular complexity index is 542. The van der Waals surface area contributed by atoms with E-state index in [0.717, 1.165) is 11.5 Å². The standard InChI is InChI=1S/C12H15N5OS/c1-9(12-14-15-16-17(12)2)19-8-11(18)13-10-6-4-3-5-7-10/h3-7,9H,8H2,1-2H3,(H,13,18)/t9-/m0/s1. The highest BCUT2D eigenvalue weighted by Gasteiger charge is 2.14. The minimum absolute atomic E-state index is 0.0295. The predicted octanol–water partition coefficient (Wildman–Crippen LogP) is 1.64. The van der Waals surface area contributed by atoms with Gasteiger partial charge in [0.2, 0.25) is 5.91 Å². The van der Waals surface area contributed by atoms with E-state index in [1.54, 1.807) is 11.7 Å². The van der Waals surface area contributed by atoms with E-state index in [0.29, 0.717) is 5.75 Å². The van der Waals surface area contributed by atoms with Crippen LogP contribution in [0.15, 0.2) is 30.3 Å². The number of thioether (sulfide) groups is 1. The van der Waals surface area contributed by atoms with E-state index in [-0.39, 0.29) is 11.2 Å². The first-order valence-electron chi connectivity index (χ1n) is 5.85. The molecule has 1 amide bonds. The van der Waals surface area contributed by atoms with E-state index in [2.05, 4.69) is 20.8 Å². The second kappa shape index (κ2) is 6.33. The van der Waals surface area contributed by atoms with E-state index in [9.17, 15) is 4.79 Å². The van der Waals surface area contributed by atoms with Crippen LogP contribution in [-0.2, 0) is 11.8 Å². The van der Waals surface area contributed by atoms with Gasteiger partial charge in [0.1, 0.15) is 0 Å². The highest BCUT2D eigenvalue weighted by atomic mass is 32.2. The van der Waals surface area contributed by atoms with E-state index in [1.807, 2.05) is 37.3 Å². The zero-order valence-electron chi connectivity index (χ0n) is 10.8. The molecule has 1 heterocycles. The summed E-state index contributed by atoms with van der Waals surface area (Å²) in [5.74, 6) is 1.10. The second-order valence-electron chi connectivity index (χ2n) is 4.03. The molecule has 1 atom stereocenters. The Balaban J connectivity index is 1.82. The number of hydrogen-bond donors (Lipinski definition) is 1. The maximum absolute atomic E-state index is 11.8. The Hall–Kier alpha value is -1.89. The number of carbonyl (C=O) groups excluding carboxylic acids is 1. The van der Waals surface area contributed by atoms with Crippen LogP contribution in [0, 0.1) is 0 Å². The fraction of sp³-hybridized carbons (Fsp3) is 0.333. The van der Waals surface area contributed by atoms with Crippen LogP contribution in [0.1, 0.15) is 18.0 Å². The van der Waals surface area contributed by atoms with Gasteiger partial charge in [0.15, 0.2) is 5.82 Å². The van der Waals surface area contributed by atoms with E-state index < -0.39 is 0 Å². The Morgan fingerprint density at radius 2 is 2.16 bits per heavy atom. The molecule has 0 unspecified atom stereocenters. The molecule has 0 bridgehead atoms. The number of tetrazole rings is 1. The number of para-hydroxylation sites is 1. The van der Waals surface area contributed by atoms with Crippen molar-refractivity contribution in [1.82, 2.24) is 20.2 Å². The van der Waals surface area contributed by atoms with Gasteiger partial charge in [-0.3, -0.25) is 4.79 Å². The van der Waals surface area contributed by atoms with Crippen molar-refractivity contribution in [3.8, 4) is 0 Å². The third-order valence-electron chi connectivity index (χ3n) is 2.54. The van der Waals surface area contributed by atoms with Crippen LogP contribution in [0.5, 0.6) is 0 Å². The van der Waals surface area contributed by atoms with Gasteiger partial charge in [-0.05, 0) is 29.5 Å². The highest BCUT2D eigenvalue weighted by Crippen LogP contribution is 2.25. The number of anilines is 1. The number of aromatic nitrogens is 4. The minimum Gasteiger partial charge on any atom is -0.325 e. The lowest BCUT2D eigenvalue weighted by atomic mass is 10.3. The van der Waals surface area contributed by atoms with Gasteiger partial charge in [-0.25, -0.2) is 4.68 Å². The van der Waals surface area contributed by atoms with Gasteiger partial charge in [-0.1, -0.05) is 18.2 Å². The van der Waals surface area contributed by atoms with Crippen LogP contribution < -0.4 is 5.32 Å². The maximum atomic E-state index is 11.8. The molecule has 1 aromatic heterocycles. The largest absolute Gasteiger partial charge is 0.325 e. The second-order valence-corrected chi connectivity index (χ2v) is 5.36. The third-order valence-corrected chi connectivity index (χ3v) is 3.68. The molecule has 0 fully saturated rings. The minimum atomic E-state index is -0.0295. The summed E-state index contributed by atoms with van der Waals surface area (Å²) in [4.78, 5) is 11.8. The molecule has 0 saturated carbocycles. The highest BCUT2D eigenvalue weighted by molar-refractivity contribution is 8.00. The average molecular weight is 277 g/mol. The number of benzene rings is 1. The zero-order chi connectivity index (χ0) is 13.7. The quantitative estimate of drug-likeness (QED) is 0.899. The molecule has 0 radical (unpaired) electrons. The monoisotopic (exact) mass is 277 g/mol. The van der Waals surface area contributed by atoms with Crippen molar-refractivity contribution in [2.75, 3.05) is 11.1 Å². The predicted molar refractivity (Wildman–Crippen MR) is 74.7 cm³/mol. The molecular formula is C12H15N5OS. The summed E-state index contributed by atoms with van der Waals surface area (Å²) in [6, 6.07) is 9.40. The first-order valence-corrected chi connectivity index (χ1v) is 6.90. The lowest BCUT2D eigenvalue weighted by Crippen LogP contribution is -2.15. The lowest BCUT2D eigenvalue weighted by molar-refractivity contribution is -0.113. The topological polar surface area (TPSA) is 72.7 Å². The molecule has 1 aromatic carbocycles. The summed E-state index contributed by atoms with van der Waals surface area (Å²) in [6.07, 6.45) is 0. The van der Waals surface area contributed by atoms with Crippen molar-refractivity contribution < 1.29 is 4.79 Å². The van der Waals surface area contributed by atoms with Gasteiger partial charge in [-0.2, -0.15) is 0 Å². The summed E-state index contributed by atoms with van der Waals surface area (Å²) in [7, 11) is 1.79. The smallest absolute Gasteiger partial charge is 0.234 e. The van der Waals surface area contributed by atoms with E-state index >= 15 is 0 Å². The Kier molecular flexibility index (Phi) is 4.51. The molecule has 0 aliphatic heterocycles. The molecule has 6 nitrogen and oxygen atoms in total. The van der Waals surface area contributed by atoms with Crippen LogP contribution in [0.25, 0.3) is 0 Å². The van der Waals surface area contributed by atoms with Gasteiger partial charge < -0.3 is 5.32 Å². The van der Waals surface area contributed by atoms with Crippen molar-refractivity contribution in [3.63, 3.8) is 0 Å². The molecule has 0 spiro atoms. The average Bonchev–Trinajstić information content (AvgIpc) is 2.83. The van der Waals surface area contributed by atoms with Crippen LogP contribution in [0.2, 0.25) is 0 Å². The van der Waals surface area contributed by atoms with Crippen molar-refractivity contribution >= 4 is 23.4 Å². The summed E-state index contributed by atoms with van der Waals surface area (Å²) in [5.41, 5.74) is 0.807. The fourth-order valence-corrected chi connectivity index (χ4v) is 2.40. The van der Waals surface area contributed by atoms with Gasteiger partial charge in [0.25, 0.3) is 0 Å². The Morgan fingerprint density at radius 1 is 1.42 bits per heavy atom. The van der Waals surface area contributed by atoms with Gasteiger partial charge in [0, 0.05) is 12.7 Å². The molecule has 7 heteroatoms. The number of rotatable bonds is 5. The molecule has 0 aliphatic carbocycles. The summed E-state index contributed by atoms with van der Waals surface area (Å²) in [6.45, 7) is 1.98. The maximum Gasteiger partial charge on any atom is 0.234 e. The van der Waals surface area contributed by atoms with E-state index in [4.69, 9.17) is 0 Å². The normalized spacial score (nSPS) is 12.1. The van der Waals surface area contributed by atoms with Gasteiger partial charge in [-0.15, -0.1) is 16.9 Å². The van der Waals surface area contributed by atoms with Crippen molar-refractivity contribution in [2.24, 2.45) is 7.05 Å². The third kappa shape index (κ3) is 3.78. The van der Waals surface area contributed by atoms with Crippen LogP contribution in [0.3, 0.4) is 0 Å². The molecule has 2 aromatic rings. The molecule has 19 heavy (non-hydrogen) atoms. The van der Waals surface area contributed by atoms with Gasteiger partial charge >= 0.3 is 0 Å². The number of aryl methyl sites for hydroxylation is 1. The number of amides is 1. The summed E-state index contributed by atoms with van der Waals surface area (Å²) < 4.78 is 1.62. The first kappa shape index (κ1) is 13.5. The Morgan fingerprint density at radius 3 is 2.79 bits per heavy atom. The van der Waals surface area contributed by atoms with E-state index in [1.165, 1.54) is 11.8 Å². The molecule has 1 N–H and O–H groups in total. The number of nitrogens with zero attached hydrogens (tertiary/aromatic N) is 4. The zero-order valence-corrected chi connectivity index (χ0v) is 11.6. The van der Waals surface area contributed by atoms with Crippen LogP contribution in [-0.4, -0.2) is 31.9 Å². The van der Waals surface area contributed by atoms with Crippen molar-refractivity contribution in [1.29, 1.82) is 0 Å². The molecule has 0 saturated heterocycles. The molecule has 0 aliphatic rings. The molecule has 2 rings (SSSR count). The molecule has 100 valence electrons. The fourth-order valence-electron chi connectivity index (χ4n) is 1.57. The lowest BCUT2D eigenvalue weighted by Gasteiger charge is -2.09. The molecular weight excluding hydrogens is 262 g/mol.